The van der Waals surface area contributed by atoms with Crippen LogP contribution in [0.5, 0.6) is 0 Å². The second-order valence-corrected chi connectivity index (χ2v) is 11.9. The summed E-state index contributed by atoms with van der Waals surface area (Å²) in [5.74, 6) is -0.621. The summed E-state index contributed by atoms with van der Waals surface area (Å²) < 4.78 is 27.0. The minimum atomic E-state index is -3.73. The van der Waals surface area contributed by atoms with Gasteiger partial charge in [0.05, 0.1) is 11.9 Å². The number of anilines is 1. The van der Waals surface area contributed by atoms with Gasteiger partial charge in [0.1, 0.15) is 12.6 Å². The molecule has 3 rings (SSSR count). The van der Waals surface area contributed by atoms with Gasteiger partial charge in [0, 0.05) is 17.1 Å². The fraction of sp³-hybridized carbons (Fsp3) is 0.462. The van der Waals surface area contributed by atoms with Crippen molar-refractivity contribution in [1.82, 2.24) is 10.2 Å². The van der Waals surface area contributed by atoms with Gasteiger partial charge in [-0.1, -0.05) is 71.6 Å². The Morgan fingerprint density at radius 3 is 2.37 bits per heavy atom. The quantitative estimate of drug-likeness (QED) is 0.471. The van der Waals surface area contributed by atoms with Crippen molar-refractivity contribution in [2.24, 2.45) is 0 Å². The Bertz CT molecular complexity index is 1100. The van der Waals surface area contributed by atoms with E-state index in [9.17, 15) is 18.0 Å². The van der Waals surface area contributed by atoms with E-state index in [-0.39, 0.29) is 18.5 Å². The Balaban J connectivity index is 1.81. The number of hydrogen-bond donors (Lipinski definition) is 1. The molecule has 35 heavy (non-hydrogen) atoms. The first kappa shape index (κ1) is 27.2. The number of benzene rings is 2. The SMILES string of the molecule is C[C@@H](C(=O)NC1CCCCC1)N(CCc1ccccc1)C(=O)CN(c1cccc(Br)c1)S(C)(=O)=O. The molecule has 1 saturated carbocycles. The maximum absolute atomic E-state index is 13.5. The Morgan fingerprint density at radius 1 is 1.06 bits per heavy atom. The molecule has 1 aliphatic carbocycles. The van der Waals surface area contributed by atoms with E-state index in [4.69, 9.17) is 0 Å². The minimum Gasteiger partial charge on any atom is -0.352 e. The zero-order valence-electron chi connectivity index (χ0n) is 20.3. The van der Waals surface area contributed by atoms with Crippen molar-refractivity contribution in [3.8, 4) is 0 Å². The van der Waals surface area contributed by atoms with Crippen molar-refractivity contribution in [3.63, 3.8) is 0 Å². The van der Waals surface area contributed by atoms with Crippen molar-refractivity contribution >= 4 is 43.5 Å². The maximum Gasteiger partial charge on any atom is 0.244 e. The molecule has 2 aromatic carbocycles. The van der Waals surface area contributed by atoms with Gasteiger partial charge in [0.25, 0.3) is 0 Å². The number of carbonyl (C=O) groups excluding carboxylic acids is 2. The van der Waals surface area contributed by atoms with Crippen molar-refractivity contribution in [2.45, 2.75) is 57.5 Å². The third-order valence-electron chi connectivity index (χ3n) is 6.38. The highest BCUT2D eigenvalue weighted by molar-refractivity contribution is 9.10. The summed E-state index contributed by atoms with van der Waals surface area (Å²) in [4.78, 5) is 28.2. The summed E-state index contributed by atoms with van der Waals surface area (Å²) in [6.07, 6.45) is 6.89. The summed E-state index contributed by atoms with van der Waals surface area (Å²) in [5, 5.41) is 3.10. The average molecular weight is 565 g/mol. The van der Waals surface area contributed by atoms with E-state index >= 15 is 0 Å². The van der Waals surface area contributed by atoms with Crippen molar-refractivity contribution in [1.29, 1.82) is 0 Å². The van der Waals surface area contributed by atoms with Gasteiger partial charge >= 0.3 is 0 Å². The van der Waals surface area contributed by atoms with E-state index in [2.05, 4.69) is 21.2 Å². The smallest absolute Gasteiger partial charge is 0.244 e. The number of amides is 2. The Kier molecular flexibility index (Phi) is 9.74. The molecule has 0 heterocycles. The van der Waals surface area contributed by atoms with Crippen molar-refractivity contribution < 1.29 is 18.0 Å². The van der Waals surface area contributed by atoms with Crippen LogP contribution in [-0.4, -0.2) is 56.6 Å². The molecule has 0 bridgehead atoms. The number of sulfonamides is 1. The van der Waals surface area contributed by atoms with Crippen molar-refractivity contribution in [3.05, 3.63) is 64.6 Å². The van der Waals surface area contributed by atoms with Crippen LogP contribution in [0.4, 0.5) is 5.69 Å². The number of nitrogens with zero attached hydrogens (tertiary/aromatic N) is 2. The molecule has 190 valence electrons. The van der Waals surface area contributed by atoms with Crippen LogP contribution in [0.3, 0.4) is 0 Å². The normalized spacial score (nSPS) is 15.3. The fourth-order valence-electron chi connectivity index (χ4n) is 4.38. The van der Waals surface area contributed by atoms with Gasteiger partial charge in [-0.3, -0.25) is 13.9 Å². The molecule has 0 saturated heterocycles. The molecule has 0 radical (unpaired) electrons. The minimum absolute atomic E-state index is 0.124. The molecule has 0 spiro atoms. The number of nitrogens with one attached hydrogen (secondary N) is 1. The zero-order valence-corrected chi connectivity index (χ0v) is 22.7. The highest BCUT2D eigenvalue weighted by atomic mass is 79.9. The van der Waals surface area contributed by atoms with Crippen LogP contribution >= 0.6 is 15.9 Å². The van der Waals surface area contributed by atoms with Gasteiger partial charge in [-0.05, 0) is 49.9 Å². The van der Waals surface area contributed by atoms with E-state index in [1.54, 1.807) is 31.2 Å². The Hall–Kier alpha value is -2.39. The third kappa shape index (κ3) is 8.07. The number of carbonyl (C=O) groups is 2. The highest BCUT2D eigenvalue weighted by Gasteiger charge is 2.30. The molecule has 1 fully saturated rings. The summed E-state index contributed by atoms with van der Waals surface area (Å²) in [6, 6.07) is 15.9. The van der Waals surface area contributed by atoms with Gasteiger partial charge in [0.15, 0.2) is 0 Å². The van der Waals surface area contributed by atoms with E-state index < -0.39 is 22.0 Å². The Labute approximate surface area is 217 Å². The first-order valence-electron chi connectivity index (χ1n) is 12.0. The maximum atomic E-state index is 13.5. The molecule has 0 aromatic heterocycles. The second-order valence-electron chi connectivity index (χ2n) is 9.09. The lowest BCUT2D eigenvalue weighted by Gasteiger charge is -2.33. The predicted molar refractivity (Wildman–Crippen MR) is 143 cm³/mol. The summed E-state index contributed by atoms with van der Waals surface area (Å²) in [6.45, 7) is 1.63. The van der Waals surface area contributed by atoms with Crippen LogP contribution in [0.25, 0.3) is 0 Å². The molecule has 1 N–H and O–H groups in total. The van der Waals surface area contributed by atoms with Gasteiger partial charge < -0.3 is 10.2 Å². The zero-order chi connectivity index (χ0) is 25.4. The number of halogens is 1. The molecule has 7 nitrogen and oxygen atoms in total. The lowest BCUT2D eigenvalue weighted by molar-refractivity contribution is -0.139. The summed E-state index contributed by atoms with van der Waals surface area (Å²) in [5.41, 5.74) is 1.43. The van der Waals surface area contributed by atoms with Crippen LogP contribution in [0.1, 0.15) is 44.6 Å². The van der Waals surface area contributed by atoms with Gasteiger partial charge in [-0.25, -0.2) is 8.42 Å². The monoisotopic (exact) mass is 563 g/mol. The number of hydrogen-bond acceptors (Lipinski definition) is 4. The van der Waals surface area contributed by atoms with Gasteiger partial charge in [-0.15, -0.1) is 0 Å². The van der Waals surface area contributed by atoms with E-state index in [1.807, 2.05) is 30.3 Å². The largest absolute Gasteiger partial charge is 0.352 e. The van der Waals surface area contributed by atoms with Crippen LogP contribution in [0.2, 0.25) is 0 Å². The van der Waals surface area contributed by atoms with Crippen LogP contribution in [-0.2, 0) is 26.0 Å². The molecule has 1 aliphatic rings. The summed E-state index contributed by atoms with van der Waals surface area (Å²) in [7, 11) is -3.73. The van der Waals surface area contributed by atoms with E-state index in [0.29, 0.717) is 23.1 Å². The first-order valence-corrected chi connectivity index (χ1v) is 14.7. The predicted octanol–water partition coefficient (Wildman–Crippen LogP) is 4.12. The van der Waals surface area contributed by atoms with Crippen LogP contribution < -0.4 is 9.62 Å². The van der Waals surface area contributed by atoms with E-state index in [0.717, 1.165) is 41.8 Å². The molecule has 2 amide bonds. The fourth-order valence-corrected chi connectivity index (χ4v) is 5.61. The molecular formula is C26H34BrN3O4S. The average Bonchev–Trinajstić information content (AvgIpc) is 2.83. The molecule has 9 heteroatoms. The Morgan fingerprint density at radius 2 is 1.74 bits per heavy atom. The lowest BCUT2D eigenvalue weighted by Crippen LogP contribution is -2.53. The molecular weight excluding hydrogens is 530 g/mol. The second kappa shape index (κ2) is 12.5. The van der Waals surface area contributed by atoms with Crippen LogP contribution in [0.15, 0.2) is 59.1 Å². The van der Waals surface area contributed by atoms with E-state index in [1.165, 1.54) is 11.3 Å². The third-order valence-corrected chi connectivity index (χ3v) is 8.01. The van der Waals surface area contributed by atoms with Gasteiger partial charge in [-0.2, -0.15) is 0 Å². The lowest BCUT2D eigenvalue weighted by atomic mass is 9.95. The summed E-state index contributed by atoms with van der Waals surface area (Å²) >= 11 is 3.36. The molecule has 2 aromatic rings. The molecule has 1 atom stereocenters. The molecule has 0 unspecified atom stereocenters. The topological polar surface area (TPSA) is 86.8 Å². The standard InChI is InChI=1S/C26H34BrN3O4S/c1-20(26(32)28-23-13-7-4-8-14-23)29(17-16-21-10-5-3-6-11-21)25(31)19-30(35(2,33)34)24-15-9-12-22(27)18-24/h3,5-6,9-12,15,18,20,23H,4,7-8,13-14,16-17,19H2,1-2H3,(H,28,32)/t20-/m0/s1. The molecule has 0 aliphatic heterocycles. The van der Waals surface area contributed by atoms with Gasteiger partial charge in [0.2, 0.25) is 21.8 Å². The first-order chi connectivity index (χ1) is 16.6. The van der Waals surface area contributed by atoms with Crippen molar-refractivity contribution in [2.75, 3.05) is 23.7 Å². The highest BCUT2D eigenvalue weighted by Crippen LogP contribution is 2.23. The number of rotatable bonds is 10. The van der Waals surface area contributed by atoms with Crippen LogP contribution in [0, 0.1) is 0 Å².